The maximum Gasteiger partial charge on any atom is 0.243 e. The number of nitrogens with one attached hydrogen (secondary N) is 2. The molecule has 0 saturated carbocycles. The van der Waals surface area contributed by atoms with Gasteiger partial charge in [0.2, 0.25) is 11.8 Å². The molecule has 0 aromatic heterocycles. The Bertz CT molecular complexity index is 532. The second-order valence-corrected chi connectivity index (χ2v) is 4.95. The van der Waals surface area contributed by atoms with Gasteiger partial charge in [0.1, 0.15) is 6.04 Å². The van der Waals surface area contributed by atoms with Crippen LogP contribution in [0.2, 0.25) is 0 Å². The average Bonchev–Trinajstić information content (AvgIpc) is 2.42. The predicted octanol–water partition coefficient (Wildman–Crippen LogP) is 1.34. The van der Waals surface area contributed by atoms with E-state index in [0.717, 1.165) is 5.56 Å². The fraction of sp³-hybridized carbons (Fsp3) is 0.400. The van der Waals surface area contributed by atoms with Crippen LogP contribution in [0.4, 0.5) is 0 Å². The van der Waals surface area contributed by atoms with E-state index in [-0.39, 0.29) is 17.7 Å². The van der Waals surface area contributed by atoms with Crippen LogP contribution < -0.4 is 10.6 Å². The number of benzene rings is 1. The van der Waals surface area contributed by atoms with Gasteiger partial charge in [0.15, 0.2) is 0 Å². The Morgan fingerprint density at radius 2 is 2.05 bits per heavy atom. The molecule has 20 heavy (non-hydrogen) atoms. The van der Waals surface area contributed by atoms with Gasteiger partial charge < -0.3 is 10.6 Å². The fourth-order valence-electron chi connectivity index (χ4n) is 1.80. The molecule has 0 aliphatic rings. The van der Waals surface area contributed by atoms with Crippen molar-refractivity contribution in [1.29, 1.82) is 5.26 Å². The third-order valence-electron chi connectivity index (χ3n) is 2.83. The first-order valence-corrected chi connectivity index (χ1v) is 6.48. The molecule has 0 spiro atoms. The summed E-state index contributed by atoms with van der Waals surface area (Å²) in [6.45, 7) is 5.46. The average molecular weight is 273 g/mol. The molecule has 0 bridgehead atoms. The third kappa shape index (κ3) is 4.73. The van der Waals surface area contributed by atoms with E-state index in [9.17, 15) is 9.59 Å². The van der Waals surface area contributed by atoms with Gasteiger partial charge in [0.25, 0.3) is 0 Å². The summed E-state index contributed by atoms with van der Waals surface area (Å²) in [5, 5.41) is 14.2. The zero-order chi connectivity index (χ0) is 15.1. The first kappa shape index (κ1) is 15.7. The van der Waals surface area contributed by atoms with Crippen molar-refractivity contribution >= 4 is 11.8 Å². The van der Waals surface area contributed by atoms with E-state index in [1.807, 2.05) is 19.9 Å². The Balaban J connectivity index is 2.65. The van der Waals surface area contributed by atoms with Crippen molar-refractivity contribution < 1.29 is 9.59 Å². The summed E-state index contributed by atoms with van der Waals surface area (Å²) in [4.78, 5) is 23.2. The molecule has 0 heterocycles. The second kappa shape index (κ2) is 7.29. The van der Waals surface area contributed by atoms with Crippen molar-refractivity contribution in [2.75, 3.05) is 0 Å². The van der Waals surface area contributed by atoms with Crippen LogP contribution in [0, 0.1) is 17.2 Å². The number of hydrogen-bond acceptors (Lipinski definition) is 3. The van der Waals surface area contributed by atoms with E-state index in [1.54, 1.807) is 18.2 Å². The number of carbonyl (C=O) groups is 2. The molecule has 2 N–H and O–H groups in total. The summed E-state index contributed by atoms with van der Waals surface area (Å²) in [6.07, 6.45) is 0. The molecule has 2 amide bonds. The lowest BCUT2D eigenvalue weighted by Crippen LogP contribution is -2.48. The van der Waals surface area contributed by atoms with E-state index in [1.165, 1.54) is 6.92 Å². The van der Waals surface area contributed by atoms with Crippen LogP contribution in [0.3, 0.4) is 0 Å². The molecule has 5 heteroatoms. The Morgan fingerprint density at radius 3 is 2.60 bits per heavy atom. The Morgan fingerprint density at radius 1 is 1.35 bits per heavy atom. The minimum absolute atomic E-state index is 0.00402. The van der Waals surface area contributed by atoms with Crippen LogP contribution in [0.1, 0.15) is 31.9 Å². The Kier molecular flexibility index (Phi) is 5.73. The largest absolute Gasteiger partial charge is 0.350 e. The summed E-state index contributed by atoms with van der Waals surface area (Å²) in [6, 6.07) is 8.54. The molecule has 5 nitrogen and oxygen atoms in total. The minimum Gasteiger partial charge on any atom is -0.350 e. The van der Waals surface area contributed by atoms with E-state index >= 15 is 0 Å². The van der Waals surface area contributed by atoms with Crippen LogP contribution in [-0.4, -0.2) is 17.9 Å². The normalized spacial score (nSPS) is 11.6. The molecular weight excluding hydrogens is 254 g/mol. The van der Waals surface area contributed by atoms with E-state index in [4.69, 9.17) is 5.26 Å². The van der Waals surface area contributed by atoms with Gasteiger partial charge in [-0.1, -0.05) is 26.0 Å². The van der Waals surface area contributed by atoms with E-state index < -0.39 is 6.04 Å². The van der Waals surface area contributed by atoms with Crippen LogP contribution in [0.5, 0.6) is 0 Å². The topological polar surface area (TPSA) is 82.0 Å². The molecule has 0 aliphatic carbocycles. The van der Waals surface area contributed by atoms with Crippen molar-refractivity contribution in [2.45, 2.75) is 33.4 Å². The van der Waals surface area contributed by atoms with Gasteiger partial charge in [-0.15, -0.1) is 0 Å². The van der Waals surface area contributed by atoms with Crippen LogP contribution in [0.15, 0.2) is 24.3 Å². The smallest absolute Gasteiger partial charge is 0.243 e. The number of nitriles is 1. The summed E-state index contributed by atoms with van der Waals surface area (Å²) in [5.41, 5.74) is 1.40. The summed E-state index contributed by atoms with van der Waals surface area (Å²) in [5.74, 6) is -0.452. The van der Waals surface area contributed by atoms with Crippen LogP contribution in [-0.2, 0) is 16.1 Å². The third-order valence-corrected chi connectivity index (χ3v) is 2.83. The zero-order valence-electron chi connectivity index (χ0n) is 11.9. The van der Waals surface area contributed by atoms with Gasteiger partial charge in [-0.05, 0) is 23.6 Å². The van der Waals surface area contributed by atoms with Crippen molar-refractivity contribution in [1.82, 2.24) is 10.6 Å². The standard InChI is InChI=1S/C15H19N3O2/c1-10(2)14(18-11(3)19)15(20)17-9-13-6-4-5-12(7-13)8-16/h4-7,10,14H,9H2,1-3H3,(H,17,20)(H,18,19). The highest BCUT2D eigenvalue weighted by molar-refractivity contribution is 5.87. The SMILES string of the molecule is CC(=O)NC(C(=O)NCc1cccc(C#N)c1)C(C)C. The number of nitrogens with zero attached hydrogens (tertiary/aromatic N) is 1. The van der Waals surface area contributed by atoms with Crippen LogP contribution in [0.25, 0.3) is 0 Å². The van der Waals surface area contributed by atoms with E-state index in [0.29, 0.717) is 12.1 Å². The van der Waals surface area contributed by atoms with Gasteiger partial charge in [-0.2, -0.15) is 5.26 Å². The molecule has 1 aromatic rings. The van der Waals surface area contributed by atoms with Gasteiger partial charge in [0, 0.05) is 13.5 Å². The first-order valence-electron chi connectivity index (χ1n) is 6.48. The molecule has 0 aliphatic heterocycles. The van der Waals surface area contributed by atoms with Gasteiger partial charge in [0.05, 0.1) is 11.6 Å². The lowest BCUT2D eigenvalue weighted by atomic mass is 10.0. The Labute approximate surface area is 119 Å². The van der Waals surface area contributed by atoms with Gasteiger partial charge >= 0.3 is 0 Å². The molecule has 0 fully saturated rings. The zero-order valence-corrected chi connectivity index (χ0v) is 11.9. The summed E-state index contributed by atoms with van der Waals surface area (Å²) in [7, 11) is 0. The Hall–Kier alpha value is -2.35. The maximum absolute atomic E-state index is 12.1. The van der Waals surface area contributed by atoms with Crippen molar-refractivity contribution in [2.24, 2.45) is 5.92 Å². The molecule has 106 valence electrons. The fourth-order valence-corrected chi connectivity index (χ4v) is 1.80. The lowest BCUT2D eigenvalue weighted by Gasteiger charge is -2.20. The number of hydrogen-bond donors (Lipinski definition) is 2. The molecule has 0 saturated heterocycles. The maximum atomic E-state index is 12.1. The highest BCUT2D eigenvalue weighted by Crippen LogP contribution is 2.05. The van der Waals surface area contributed by atoms with Crippen molar-refractivity contribution in [3.8, 4) is 6.07 Å². The predicted molar refractivity (Wildman–Crippen MR) is 75.4 cm³/mol. The second-order valence-electron chi connectivity index (χ2n) is 4.95. The van der Waals surface area contributed by atoms with Crippen molar-refractivity contribution in [3.63, 3.8) is 0 Å². The highest BCUT2D eigenvalue weighted by atomic mass is 16.2. The molecule has 1 rings (SSSR count). The minimum atomic E-state index is -0.549. The quantitative estimate of drug-likeness (QED) is 0.849. The highest BCUT2D eigenvalue weighted by Gasteiger charge is 2.22. The van der Waals surface area contributed by atoms with Gasteiger partial charge in [-0.25, -0.2) is 0 Å². The number of amides is 2. The molecule has 0 radical (unpaired) electrons. The van der Waals surface area contributed by atoms with E-state index in [2.05, 4.69) is 16.7 Å². The molecule has 1 aromatic carbocycles. The lowest BCUT2D eigenvalue weighted by molar-refractivity contribution is -0.129. The van der Waals surface area contributed by atoms with Crippen molar-refractivity contribution in [3.05, 3.63) is 35.4 Å². The summed E-state index contributed by atoms with van der Waals surface area (Å²) < 4.78 is 0. The van der Waals surface area contributed by atoms with Crippen LogP contribution >= 0.6 is 0 Å². The first-order chi connectivity index (χ1) is 9.43. The number of carbonyl (C=O) groups excluding carboxylic acids is 2. The monoisotopic (exact) mass is 273 g/mol. The number of rotatable bonds is 5. The summed E-state index contributed by atoms with van der Waals surface area (Å²) >= 11 is 0. The molecule has 1 unspecified atom stereocenters. The molecular formula is C15H19N3O2. The van der Waals surface area contributed by atoms with Gasteiger partial charge in [-0.3, -0.25) is 9.59 Å². The molecule has 1 atom stereocenters.